The van der Waals surface area contributed by atoms with E-state index in [-0.39, 0.29) is 16.5 Å². The van der Waals surface area contributed by atoms with Gasteiger partial charge in [-0.15, -0.1) is 0 Å². The Bertz CT molecular complexity index is 829. The molecule has 1 unspecified atom stereocenters. The molecule has 2 aromatic rings. The molecule has 0 bridgehead atoms. The Morgan fingerprint density at radius 2 is 1.81 bits per heavy atom. The SMILES string of the molecule is COc1ccc(Cl)c(NC(=O)C(=O)NC(C)c2ccc(OC)c(F)c2)c1. The minimum atomic E-state index is -0.902. The Balaban J connectivity index is 2.04. The molecule has 0 aliphatic heterocycles. The summed E-state index contributed by atoms with van der Waals surface area (Å²) in [6, 6.07) is 8.35. The smallest absolute Gasteiger partial charge is 0.313 e. The lowest BCUT2D eigenvalue weighted by Gasteiger charge is -2.15. The fourth-order valence-corrected chi connectivity index (χ4v) is 2.37. The van der Waals surface area contributed by atoms with Crippen LogP contribution in [0.1, 0.15) is 18.5 Å². The molecule has 0 aromatic heterocycles. The van der Waals surface area contributed by atoms with Crippen LogP contribution >= 0.6 is 11.6 Å². The molecular weight excluding hydrogens is 363 g/mol. The molecule has 2 N–H and O–H groups in total. The number of amides is 2. The van der Waals surface area contributed by atoms with Crippen LogP contribution in [0.15, 0.2) is 36.4 Å². The molecule has 1 atom stereocenters. The second-order valence-electron chi connectivity index (χ2n) is 5.39. The van der Waals surface area contributed by atoms with E-state index in [9.17, 15) is 14.0 Å². The fraction of sp³-hybridized carbons (Fsp3) is 0.222. The van der Waals surface area contributed by atoms with E-state index in [0.29, 0.717) is 11.3 Å². The lowest BCUT2D eigenvalue weighted by Crippen LogP contribution is -2.37. The number of hydrogen-bond acceptors (Lipinski definition) is 4. The summed E-state index contributed by atoms with van der Waals surface area (Å²) in [5, 5.41) is 5.17. The van der Waals surface area contributed by atoms with Crippen molar-refractivity contribution in [1.82, 2.24) is 5.32 Å². The number of anilines is 1. The molecule has 8 heteroatoms. The first kappa shape index (κ1) is 19.5. The fourth-order valence-electron chi connectivity index (χ4n) is 2.20. The van der Waals surface area contributed by atoms with Crippen LogP contribution in [0.2, 0.25) is 5.02 Å². The lowest BCUT2D eigenvalue weighted by molar-refractivity contribution is -0.136. The average molecular weight is 381 g/mol. The topological polar surface area (TPSA) is 76.7 Å². The lowest BCUT2D eigenvalue weighted by atomic mass is 10.1. The first-order valence-electron chi connectivity index (χ1n) is 7.64. The highest BCUT2D eigenvalue weighted by Gasteiger charge is 2.19. The summed E-state index contributed by atoms with van der Waals surface area (Å²) >= 11 is 5.99. The van der Waals surface area contributed by atoms with E-state index in [4.69, 9.17) is 21.1 Å². The Morgan fingerprint density at radius 1 is 1.08 bits per heavy atom. The Morgan fingerprint density at radius 3 is 2.42 bits per heavy atom. The number of rotatable bonds is 5. The molecular formula is C18H18ClFN2O4. The van der Waals surface area contributed by atoms with Crippen molar-refractivity contribution in [2.75, 3.05) is 19.5 Å². The van der Waals surface area contributed by atoms with Crippen LogP contribution < -0.4 is 20.1 Å². The summed E-state index contributed by atoms with van der Waals surface area (Å²) < 4.78 is 23.7. The van der Waals surface area contributed by atoms with Gasteiger partial charge in [0.2, 0.25) is 0 Å². The van der Waals surface area contributed by atoms with Crippen LogP contribution in [-0.2, 0) is 9.59 Å². The number of hydrogen-bond donors (Lipinski definition) is 2. The molecule has 138 valence electrons. The summed E-state index contributed by atoms with van der Waals surface area (Å²) in [4.78, 5) is 24.2. The molecule has 2 aromatic carbocycles. The van der Waals surface area contributed by atoms with Crippen LogP contribution in [0.5, 0.6) is 11.5 Å². The normalized spacial score (nSPS) is 11.4. The van der Waals surface area contributed by atoms with E-state index in [1.54, 1.807) is 19.1 Å². The van der Waals surface area contributed by atoms with E-state index in [0.717, 1.165) is 0 Å². The van der Waals surface area contributed by atoms with Gasteiger partial charge >= 0.3 is 11.8 Å². The summed E-state index contributed by atoms with van der Waals surface area (Å²) in [6.07, 6.45) is 0. The van der Waals surface area contributed by atoms with Crippen molar-refractivity contribution in [1.29, 1.82) is 0 Å². The number of nitrogens with one attached hydrogen (secondary N) is 2. The number of carbonyl (C=O) groups excluding carboxylic acids is 2. The molecule has 0 spiro atoms. The van der Waals surface area contributed by atoms with Gasteiger partial charge in [0.25, 0.3) is 0 Å². The molecule has 0 saturated heterocycles. The minimum absolute atomic E-state index is 0.0951. The first-order chi connectivity index (χ1) is 12.3. The van der Waals surface area contributed by atoms with E-state index >= 15 is 0 Å². The van der Waals surface area contributed by atoms with Crippen molar-refractivity contribution in [3.8, 4) is 11.5 Å². The Kier molecular flexibility index (Phi) is 6.41. The molecule has 0 saturated carbocycles. The van der Waals surface area contributed by atoms with Gasteiger partial charge in [-0.25, -0.2) is 4.39 Å². The van der Waals surface area contributed by atoms with Gasteiger partial charge in [-0.05, 0) is 36.8 Å². The van der Waals surface area contributed by atoms with Gasteiger partial charge in [-0.1, -0.05) is 17.7 Å². The van der Waals surface area contributed by atoms with Crippen LogP contribution in [0.25, 0.3) is 0 Å². The largest absolute Gasteiger partial charge is 0.497 e. The van der Waals surface area contributed by atoms with Gasteiger partial charge in [0.15, 0.2) is 11.6 Å². The van der Waals surface area contributed by atoms with Crippen LogP contribution in [0.4, 0.5) is 10.1 Å². The average Bonchev–Trinajstić information content (AvgIpc) is 2.63. The second-order valence-corrected chi connectivity index (χ2v) is 5.80. The van der Waals surface area contributed by atoms with Crippen LogP contribution in [-0.4, -0.2) is 26.0 Å². The predicted molar refractivity (Wildman–Crippen MR) is 96.1 cm³/mol. The summed E-state index contributed by atoms with van der Waals surface area (Å²) in [6.45, 7) is 1.63. The first-order valence-corrected chi connectivity index (χ1v) is 8.02. The molecule has 26 heavy (non-hydrogen) atoms. The van der Waals surface area contributed by atoms with Crippen LogP contribution in [0.3, 0.4) is 0 Å². The zero-order valence-corrected chi connectivity index (χ0v) is 15.2. The van der Waals surface area contributed by atoms with Crippen molar-refractivity contribution in [2.24, 2.45) is 0 Å². The molecule has 0 radical (unpaired) electrons. The summed E-state index contributed by atoms with van der Waals surface area (Å²) in [5.41, 5.74) is 0.734. The molecule has 0 fully saturated rings. The van der Waals surface area contributed by atoms with Crippen molar-refractivity contribution in [3.63, 3.8) is 0 Å². The molecule has 6 nitrogen and oxygen atoms in total. The van der Waals surface area contributed by atoms with Crippen LogP contribution in [0, 0.1) is 5.82 Å². The van der Waals surface area contributed by atoms with E-state index in [2.05, 4.69) is 10.6 Å². The Labute approximate surface area is 155 Å². The third-order valence-electron chi connectivity index (χ3n) is 3.65. The number of halogens is 2. The number of carbonyl (C=O) groups is 2. The zero-order valence-electron chi connectivity index (χ0n) is 14.4. The highest BCUT2D eigenvalue weighted by atomic mass is 35.5. The summed E-state index contributed by atoms with van der Waals surface area (Å²) in [5.74, 6) is -1.77. The predicted octanol–water partition coefficient (Wildman–Crippen LogP) is 3.31. The van der Waals surface area contributed by atoms with Crippen molar-refractivity contribution < 1.29 is 23.5 Å². The van der Waals surface area contributed by atoms with E-state index in [1.807, 2.05) is 0 Å². The van der Waals surface area contributed by atoms with Crippen molar-refractivity contribution in [2.45, 2.75) is 13.0 Å². The molecule has 0 aliphatic carbocycles. The van der Waals surface area contributed by atoms with E-state index < -0.39 is 23.7 Å². The molecule has 0 heterocycles. The van der Waals surface area contributed by atoms with Gasteiger partial charge in [-0.2, -0.15) is 0 Å². The maximum absolute atomic E-state index is 13.8. The monoisotopic (exact) mass is 380 g/mol. The molecule has 0 aliphatic rings. The minimum Gasteiger partial charge on any atom is -0.497 e. The molecule has 2 rings (SSSR count). The van der Waals surface area contributed by atoms with Gasteiger partial charge in [0.1, 0.15) is 5.75 Å². The van der Waals surface area contributed by atoms with E-state index in [1.165, 1.54) is 38.5 Å². The standard InChI is InChI=1S/C18H18ClFN2O4/c1-10(11-4-7-16(26-3)14(20)8-11)21-17(23)18(24)22-15-9-12(25-2)5-6-13(15)19/h4-10H,1-3H3,(H,21,23)(H,22,24). The van der Waals surface area contributed by atoms with Crippen molar-refractivity contribution >= 4 is 29.1 Å². The number of ether oxygens (including phenoxy) is 2. The highest BCUT2D eigenvalue weighted by molar-refractivity contribution is 6.41. The Hall–Kier alpha value is -2.80. The highest BCUT2D eigenvalue weighted by Crippen LogP contribution is 2.26. The quantitative estimate of drug-likeness (QED) is 0.780. The van der Waals surface area contributed by atoms with Gasteiger partial charge in [0, 0.05) is 6.07 Å². The third kappa shape index (κ3) is 4.64. The maximum atomic E-state index is 13.8. The number of benzene rings is 2. The van der Waals surface area contributed by atoms with Gasteiger partial charge in [-0.3, -0.25) is 9.59 Å². The zero-order chi connectivity index (χ0) is 19.3. The van der Waals surface area contributed by atoms with Gasteiger partial charge < -0.3 is 20.1 Å². The van der Waals surface area contributed by atoms with Gasteiger partial charge in [0.05, 0.1) is 31.0 Å². The second kappa shape index (κ2) is 8.53. The maximum Gasteiger partial charge on any atom is 0.313 e. The number of methoxy groups -OCH3 is 2. The summed E-state index contributed by atoms with van der Waals surface area (Å²) in [7, 11) is 2.83. The van der Waals surface area contributed by atoms with Crippen molar-refractivity contribution in [3.05, 3.63) is 52.8 Å². The third-order valence-corrected chi connectivity index (χ3v) is 3.98. The molecule has 2 amide bonds.